The molecule has 2 aromatic rings. The van der Waals surface area contributed by atoms with Gasteiger partial charge in [0.1, 0.15) is 0 Å². The van der Waals surface area contributed by atoms with Crippen molar-refractivity contribution in [1.82, 2.24) is 0 Å². The highest BCUT2D eigenvalue weighted by Crippen LogP contribution is 2.24. The van der Waals surface area contributed by atoms with Gasteiger partial charge in [-0.15, -0.1) is 0 Å². The Morgan fingerprint density at radius 2 is 1.65 bits per heavy atom. The summed E-state index contributed by atoms with van der Waals surface area (Å²) in [5.74, 6) is 0.141. The molecule has 1 fully saturated rings. The van der Waals surface area contributed by atoms with Gasteiger partial charge >= 0.3 is 0 Å². The molecule has 2 nitrogen and oxygen atoms in total. The number of hydrogen-bond acceptors (Lipinski definition) is 2. The van der Waals surface area contributed by atoms with Crippen molar-refractivity contribution >= 4 is 17.4 Å². The molecule has 0 spiro atoms. The first kappa shape index (κ1) is 12.8. The first-order valence-corrected chi connectivity index (χ1v) is 6.80. The van der Waals surface area contributed by atoms with E-state index in [0.717, 1.165) is 16.7 Å². The quantitative estimate of drug-likeness (QED) is 0.469. The fraction of sp³-hybridized carbons (Fsp3) is 0.167. The number of allylic oxidation sites excluding steroid dienone is 1. The van der Waals surface area contributed by atoms with Gasteiger partial charge in [0.2, 0.25) is 0 Å². The summed E-state index contributed by atoms with van der Waals surface area (Å²) in [6, 6.07) is 19.7. The van der Waals surface area contributed by atoms with Gasteiger partial charge in [-0.05, 0) is 17.2 Å². The van der Waals surface area contributed by atoms with Gasteiger partial charge in [-0.3, -0.25) is 4.79 Å². The summed E-state index contributed by atoms with van der Waals surface area (Å²) in [5, 5.41) is 0. The topological polar surface area (TPSA) is 29.6 Å². The predicted octanol–water partition coefficient (Wildman–Crippen LogP) is 3.59. The number of ketones is 1. The average Bonchev–Trinajstić information content (AvgIpc) is 3.30. The third-order valence-corrected chi connectivity index (χ3v) is 3.31. The fourth-order valence-corrected chi connectivity index (χ4v) is 2.16. The lowest BCUT2D eigenvalue weighted by Crippen LogP contribution is -2.05. The van der Waals surface area contributed by atoms with Crippen molar-refractivity contribution in [2.75, 3.05) is 6.61 Å². The molecule has 0 radical (unpaired) electrons. The zero-order valence-electron chi connectivity index (χ0n) is 11.2. The lowest BCUT2D eigenvalue weighted by atomic mass is 9.96. The highest BCUT2D eigenvalue weighted by atomic mass is 16.6. The van der Waals surface area contributed by atoms with Gasteiger partial charge in [0.15, 0.2) is 5.78 Å². The van der Waals surface area contributed by atoms with Crippen molar-refractivity contribution in [2.45, 2.75) is 12.5 Å². The number of epoxide rings is 1. The monoisotopic (exact) mass is 264 g/mol. The van der Waals surface area contributed by atoms with Gasteiger partial charge in [-0.1, -0.05) is 60.7 Å². The second-order valence-electron chi connectivity index (χ2n) is 4.92. The number of ether oxygens (including phenoxy) is 1. The van der Waals surface area contributed by atoms with Crippen LogP contribution < -0.4 is 0 Å². The molecule has 0 saturated carbocycles. The van der Waals surface area contributed by atoms with E-state index in [2.05, 4.69) is 0 Å². The predicted molar refractivity (Wildman–Crippen MR) is 80.1 cm³/mol. The Hall–Kier alpha value is -2.19. The molecule has 2 aromatic carbocycles. The number of hydrogen-bond donors (Lipinski definition) is 0. The van der Waals surface area contributed by atoms with Gasteiger partial charge in [0.25, 0.3) is 0 Å². The van der Waals surface area contributed by atoms with Gasteiger partial charge in [0, 0.05) is 12.0 Å². The van der Waals surface area contributed by atoms with Crippen molar-refractivity contribution in [3.63, 3.8) is 0 Å². The second-order valence-corrected chi connectivity index (χ2v) is 4.92. The van der Waals surface area contributed by atoms with Crippen LogP contribution in [0.2, 0.25) is 0 Å². The molecule has 3 rings (SSSR count). The van der Waals surface area contributed by atoms with E-state index in [9.17, 15) is 4.79 Å². The SMILES string of the molecule is O=C(CC1CO1)/C(=C/c1ccccc1)c1ccccc1. The van der Waals surface area contributed by atoms with Gasteiger partial charge in [-0.25, -0.2) is 0 Å². The standard InChI is InChI=1S/C18H16O2/c19-18(12-16-13-20-16)17(15-9-5-2-6-10-15)11-14-7-3-1-4-8-14/h1-11,16H,12-13H2/b17-11+. The molecule has 1 aliphatic heterocycles. The minimum absolute atomic E-state index is 0.116. The Morgan fingerprint density at radius 3 is 2.25 bits per heavy atom. The Bertz CT molecular complexity index is 610. The first-order valence-electron chi connectivity index (χ1n) is 6.80. The summed E-state index contributed by atoms with van der Waals surface area (Å²) in [6.45, 7) is 0.707. The van der Waals surface area contributed by atoms with E-state index in [0.29, 0.717) is 13.0 Å². The van der Waals surface area contributed by atoms with Crippen molar-refractivity contribution in [3.8, 4) is 0 Å². The fourth-order valence-electron chi connectivity index (χ4n) is 2.16. The second kappa shape index (κ2) is 5.85. The van der Waals surface area contributed by atoms with Crippen LogP contribution in [0.3, 0.4) is 0 Å². The Kier molecular flexibility index (Phi) is 3.75. The maximum atomic E-state index is 12.5. The van der Waals surface area contributed by atoms with Crippen molar-refractivity contribution < 1.29 is 9.53 Å². The summed E-state index contributed by atoms with van der Waals surface area (Å²) in [6.07, 6.45) is 2.54. The summed E-state index contributed by atoms with van der Waals surface area (Å²) in [4.78, 5) is 12.5. The molecule has 1 unspecified atom stereocenters. The van der Waals surface area contributed by atoms with Crippen molar-refractivity contribution in [2.24, 2.45) is 0 Å². The minimum atomic E-state index is 0.116. The summed E-state index contributed by atoms with van der Waals surface area (Å²) < 4.78 is 5.17. The average molecular weight is 264 g/mol. The Labute approximate surface area is 118 Å². The summed E-state index contributed by atoms with van der Waals surface area (Å²) in [5.41, 5.74) is 2.76. The molecule has 2 heteroatoms. The maximum Gasteiger partial charge on any atom is 0.166 e. The molecule has 1 heterocycles. The van der Waals surface area contributed by atoms with Crippen LogP contribution in [0.25, 0.3) is 11.6 Å². The smallest absolute Gasteiger partial charge is 0.166 e. The highest BCUT2D eigenvalue weighted by Gasteiger charge is 2.27. The van der Waals surface area contributed by atoms with Crippen LogP contribution >= 0.6 is 0 Å². The molecule has 1 saturated heterocycles. The summed E-state index contributed by atoms with van der Waals surface area (Å²) >= 11 is 0. The largest absolute Gasteiger partial charge is 0.373 e. The molecule has 1 aliphatic rings. The van der Waals surface area contributed by atoms with Crippen LogP contribution in [0.4, 0.5) is 0 Å². The Balaban J connectivity index is 1.94. The summed E-state index contributed by atoms with van der Waals surface area (Å²) in [7, 11) is 0. The lowest BCUT2D eigenvalue weighted by molar-refractivity contribution is -0.114. The molecule has 20 heavy (non-hydrogen) atoms. The van der Waals surface area contributed by atoms with Gasteiger partial charge in [-0.2, -0.15) is 0 Å². The van der Waals surface area contributed by atoms with Crippen LogP contribution in [0.5, 0.6) is 0 Å². The zero-order chi connectivity index (χ0) is 13.8. The van der Waals surface area contributed by atoms with Crippen molar-refractivity contribution in [1.29, 1.82) is 0 Å². The molecule has 0 amide bonds. The van der Waals surface area contributed by atoms with E-state index < -0.39 is 0 Å². The minimum Gasteiger partial charge on any atom is -0.373 e. The highest BCUT2D eigenvalue weighted by molar-refractivity contribution is 6.25. The number of Topliss-reactive ketones (excluding diaryl/α,β-unsaturated/α-hetero) is 1. The van der Waals surface area contributed by atoms with Crippen LogP contribution in [-0.2, 0) is 9.53 Å². The Morgan fingerprint density at radius 1 is 1.05 bits per heavy atom. The zero-order valence-corrected chi connectivity index (χ0v) is 11.2. The molecular formula is C18H16O2. The maximum absolute atomic E-state index is 12.5. The van der Waals surface area contributed by atoms with E-state index >= 15 is 0 Å². The van der Waals surface area contributed by atoms with Crippen LogP contribution in [0.15, 0.2) is 60.7 Å². The van der Waals surface area contributed by atoms with Gasteiger partial charge < -0.3 is 4.74 Å². The third-order valence-electron chi connectivity index (χ3n) is 3.31. The third kappa shape index (κ3) is 3.22. The molecule has 1 atom stereocenters. The first-order chi connectivity index (χ1) is 9.83. The van der Waals surface area contributed by atoms with Crippen LogP contribution in [0, 0.1) is 0 Å². The van der Waals surface area contributed by atoms with E-state index in [1.54, 1.807) is 0 Å². The number of benzene rings is 2. The molecule has 0 aliphatic carbocycles. The number of rotatable bonds is 5. The van der Waals surface area contributed by atoms with Crippen molar-refractivity contribution in [3.05, 3.63) is 71.8 Å². The molecular weight excluding hydrogens is 248 g/mol. The van der Waals surface area contributed by atoms with Gasteiger partial charge in [0.05, 0.1) is 12.7 Å². The number of carbonyl (C=O) groups is 1. The van der Waals surface area contributed by atoms with Crippen LogP contribution in [-0.4, -0.2) is 18.5 Å². The van der Waals surface area contributed by atoms with E-state index in [1.165, 1.54) is 0 Å². The molecule has 0 bridgehead atoms. The van der Waals surface area contributed by atoms with E-state index in [4.69, 9.17) is 4.74 Å². The number of carbonyl (C=O) groups excluding carboxylic acids is 1. The molecule has 0 N–H and O–H groups in total. The lowest BCUT2D eigenvalue weighted by Gasteiger charge is -2.06. The molecule has 0 aromatic heterocycles. The van der Waals surface area contributed by atoms with E-state index in [-0.39, 0.29) is 11.9 Å². The van der Waals surface area contributed by atoms with E-state index in [1.807, 2.05) is 66.7 Å². The normalized spacial score (nSPS) is 17.8. The molecule has 100 valence electrons. The van der Waals surface area contributed by atoms with Crippen LogP contribution in [0.1, 0.15) is 17.5 Å².